The molecule has 1 aromatic carbocycles. The summed E-state index contributed by atoms with van der Waals surface area (Å²) in [6, 6.07) is 5.64. The van der Waals surface area contributed by atoms with Crippen molar-refractivity contribution in [2.75, 3.05) is 11.1 Å². The molecule has 0 radical (unpaired) electrons. The predicted molar refractivity (Wildman–Crippen MR) is 110 cm³/mol. The van der Waals surface area contributed by atoms with E-state index < -0.39 is 23.5 Å². The minimum atomic E-state index is -1.06. The summed E-state index contributed by atoms with van der Waals surface area (Å²) < 4.78 is 0. The van der Waals surface area contributed by atoms with Gasteiger partial charge in [-0.2, -0.15) is 4.98 Å². The Morgan fingerprint density at radius 3 is 2.63 bits per heavy atom. The molecule has 30 heavy (non-hydrogen) atoms. The normalized spacial score (nSPS) is 11.8. The number of carboxylic acid groups (broad SMARTS) is 1. The summed E-state index contributed by atoms with van der Waals surface area (Å²) in [6.07, 6.45) is 2.49. The number of H-pyrrole nitrogens is 1. The highest BCUT2D eigenvalue weighted by atomic mass is 16.4. The Labute approximate surface area is 170 Å². The van der Waals surface area contributed by atoms with Crippen LogP contribution in [-0.2, 0) is 11.3 Å². The van der Waals surface area contributed by atoms with E-state index in [2.05, 4.69) is 30.6 Å². The Bertz CT molecular complexity index is 1130. The van der Waals surface area contributed by atoms with Gasteiger partial charge in [-0.1, -0.05) is 13.3 Å². The van der Waals surface area contributed by atoms with Crippen LogP contribution in [0, 0.1) is 0 Å². The maximum Gasteiger partial charge on any atom is 0.326 e. The van der Waals surface area contributed by atoms with Gasteiger partial charge in [-0.3, -0.25) is 14.6 Å². The number of aromatic nitrogens is 4. The number of aromatic amines is 1. The van der Waals surface area contributed by atoms with Crippen LogP contribution in [0.25, 0.3) is 11.2 Å². The molecule has 0 aliphatic heterocycles. The van der Waals surface area contributed by atoms with Crippen LogP contribution in [-0.4, -0.2) is 43.0 Å². The van der Waals surface area contributed by atoms with Crippen molar-refractivity contribution in [1.82, 2.24) is 25.3 Å². The topological polar surface area (TPSA) is 176 Å². The number of hydrogen-bond acceptors (Lipinski definition) is 8. The first-order chi connectivity index (χ1) is 14.4. The molecular weight excluding hydrogens is 390 g/mol. The lowest BCUT2D eigenvalue weighted by molar-refractivity contribution is -0.139. The van der Waals surface area contributed by atoms with Gasteiger partial charge < -0.3 is 21.5 Å². The molecule has 3 rings (SSSR count). The van der Waals surface area contributed by atoms with E-state index in [-0.39, 0.29) is 23.7 Å². The van der Waals surface area contributed by atoms with E-state index in [1.54, 1.807) is 24.3 Å². The summed E-state index contributed by atoms with van der Waals surface area (Å²) in [5, 5.41) is 14.8. The smallest absolute Gasteiger partial charge is 0.326 e. The van der Waals surface area contributed by atoms with Crippen LogP contribution in [0.1, 0.15) is 35.8 Å². The van der Waals surface area contributed by atoms with Crippen molar-refractivity contribution in [3.63, 3.8) is 0 Å². The van der Waals surface area contributed by atoms with Gasteiger partial charge >= 0.3 is 5.97 Å². The summed E-state index contributed by atoms with van der Waals surface area (Å²) in [5.74, 6) is -1.54. The van der Waals surface area contributed by atoms with Crippen LogP contribution in [0.3, 0.4) is 0 Å². The number of carboxylic acids is 1. The fraction of sp³-hybridized carbons (Fsp3) is 0.263. The van der Waals surface area contributed by atoms with Crippen molar-refractivity contribution in [1.29, 1.82) is 0 Å². The molecule has 11 nitrogen and oxygen atoms in total. The lowest BCUT2D eigenvalue weighted by Gasteiger charge is -2.14. The molecule has 0 aliphatic carbocycles. The molecule has 11 heteroatoms. The van der Waals surface area contributed by atoms with Crippen molar-refractivity contribution < 1.29 is 14.7 Å². The number of carbonyl (C=O) groups excluding carboxylic acids is 1. The number of rotatable bonds is 8. The van der Waals surface area contributed by atoms with Crippen molar-refractivity contribution in [2.45, 2.75) is 32.4 Å². The fourth-order valence-electron chi connectivity index (χ4n) is 2.78. The second kappa shape index (κ2) is 8.99. The standard InChI is InChI=1S/C19H21N7O4/c1-2-3-13(18(29)30)24-16(27)10-4-6-11(7-5-10)21-8-12-9-22-15-14(23-12)17(28)26-19(20)25-15/h4-7,9,13,21H,2-3,8H2,1H3,(H,24,27)(H,29,30)(H3,20,22,25,26,28). The van der Waals surface area contributed by atoms with Crippen molar-refractivity contribution in [3.05, 3.63) is 52.1 Å². The zero-order valence-electron chi connectivity index (χ0n) is 16.2. The maximum atomic E-state index is 12.2. The number of nitrogens with zero attached hydrogens (tertiary/aromatic N) is 3. The van der Waals surface area contributed by atoms with Crippen molar-refractivity contribution in [3.8, 4) is 0 Å². The molecular formula is C19H21N7O4. The van der Waals surface area contributed by atoms with Crippen molar-refractivity contribution >= 4 is 34.7 Å². The Morgan fingerprint density at radius 1 is 1.23 bits per heavy atom. The van der Waals surface area contributed by atoms with Gasteiger partial charge in [-0.15, -0.1) is 0 Å². The van der Waals surface area contributed by atoms with Gasteiger partial charge in [0.2, 0.25) is 5.95 Å². The number of anilines is 2. The molecule has 0 saturated carbocycles. The van der Waals surface area contributed by atoms with Gasteiger partial charge in [0.05, 0.1) is 18.4 Å². The largest absolute Gasteiger partial charge is 0.480 e. The second-order valence-electron chi connectivity index (χ2n) is 6.57. The van der Waals surface area contributed by atoms with E-state index in [9.17, 15) is 14.4 Å². The highest BCUT2D eigenvalue weighted by molar-refractivity contribution is 5.96. The molecule has 6 N–H and O–H groups in total. The average molecular weight is 411 g/mol. The third-order valence-corrected chi connectivity index (χ3v) is 4.29. The minimum absolute atomic E-state index is 0.0267. The number of benzene rings is 1. The van der Waals surface area contributed by atoms with Gasteiger partial charge in [0, 0.05) is 11.3 Å². The van der Waals surface area contributed by atoms with Crippen molar-refractivity contribution in [2.24, 2.45) is 0 Å². The number of carbonyl (C=O) groups is 2. The van der Waals surface area contributed by atoms with E-state index >= 15 is 0 Å². The molecule has 2 aromatic heterocycles. The number of nitrogens with two attached hydrogens (primary N) is 1. The molecule has 0 bridgehead atoms. The number of aliphatic carboxylic acids is 1. The van der Waals surface area contributed by atoms with E-state index in [4.69, 9.17) is 10.8 Å². The average Bonchev–Trinajstić information content (AvgIpc) is 2.72. The highest BCUT2D eigenvalue weighted by Crippen LogP contribution is 2.12. The van der Waals surface area contributed by atoms with E-state index in [1.165, 1.54) is 6.20 Å². The van der Waals surface area contributed by atoms with Crippen LogP contribution in [0.5, 0.6) is 0 Å². The Kier molecular flexibility index (Phi) is 6.20. The Balaban J connectivity index is 1.64. The van der Waals surface area contributed by atoms with Crippen LogP contribution < -0.4 is 21.9 Å². The number of amides is 1. The molecule has 0 aliphatic rings. The number of nitrogens with one attached hydrogen (secondary N) is 3. The third kappa shape index (κ3) is 4.87. The first-order valence-electron chi connectivity index (χ1n) is 9.26. The maximum absolute atomic E-state index is 12.2. The summed E-state index contributed by atoms with van der Waals surface area (Å²) in [5.41, 5.74) is 6.85. The van der Waals surface area contributed by atoms with Crippen LogP contribution in [0.4, 0.5) is 11.6 Å². The summed E-state index contributed by atoms with van der Waals surface area (Å²) in [6.45, 7) is 2.14. The molecule has 0 spiro atoms. The van der Waals surface area contributed by atoms with Crippen LogP contribution in [0.2, 0.25) is 0 Å². The van der Waals surface area contributed by atoms with Gasteiger partial charge in [-0.05, 0) is 30.7 Å². The van der Waals surface area contributed by atoms with Crippen LogP contribution in [0.15, 0.2) is 35.3 Å². The predicted octanol–water partition coefficient (Wildman–Crippen LogP) is 0.891. The van der Waals surface area contributed by atoms with Gasteiger partial charge in [0.25, 0.3) is 11.5 Å². The number of fused-ring (bicyclic) bond motifs is 1. The van der Waals surface area contributed by atoms with Gasteiger partial charge in [-0.25, -0.2) is 14.8 Å². The molecule has 3 aromatic rings. The monoisotopic (exact) mass is 411 g/mol. The molecule has 0 saturated heterocycles. The lowest BCUT2D eigenvalue weighted by Crippen LogP contribution is -2.40. The summed E-state index contributed by atoms with van der Waals surface area (Å²) in [7, 11) is 0. The second-order valence-corrected chi connectivity index (χ2v) is 6.57. The molecule has 156 valence electrons. The lowest BCUT2D eigenvalue weighted by atomic mass is 10.1. The van der Waals surface area contributed by atoms with E-state index in [0.717, 1.165) is 0 Å². The molecule has 1 amide bonds. The Hall–Kier alpha value is -4.02. The molecule has 2 heterocycles. The molecule has 0 fully saturated rings. The number of hydrogen-bond donors (Lipinski definition) is 5. The van der Waals surface area contributed by atoms with Crippen LogP contribution >= 0.6 is 0 Å². The quantitative estimate of drug-likeness (QED) is 0.360. The van der Waals surface area contributed by atoms with Gasteiger partial charge in [0.1, 0.15) is 6.04 Å². The van der Waals surface area contributed by atoms with Gasteiger partial charge in [0.15, 0.2) is 11.2 Å². The summed E-state index contributed by atoms with van der Waals surface area (Å²) >= 11 is 0. The Morgan fingerprint density at radius 2 is 1.97 bits per heavy atom. The zero-order chi connectivity index (χ0) is 21.7. The molecule has 1 unspecified atom stereocenters. The third-order valence-electron chi connectivity index (χ3n) is 4.29. The highest BCUT2D eigenvalue weighted by Gasteiger charge is 2.19. The molecule has 1 atom stereocenters. The first kappa shape index (κ1) is 20.7. The number of nitrogen functional groups attached to an aromatic ring is 1. The van der Waals surface area contributed by atoms with E-state index in [1.807, 2.05) is 6.92 Å². The minimum Gasteiger partial charge on any atom is -0.480 e. The summed E-state index contributed by atoms with van der Waals surface area (Å²) in [4.78, 5) is 50.0. The zero-order valence-corrected chi connectivity index (χ0v) is 16.2. The first-order valence-corrected chi connectivity index (χ1v) is 9.26. The SMILES string of the molecule is CCCC(NC(=O)c1ccc(NCc2cnc3nc(N)[nH]c(=O)c3n2)cc1)C(=O)O. The fourth-order valence-corrected chi connectivity index (χ4v) is 2.78. The van der Waals surface area contributed by atoms with E-state index in [0.29, 0.717) is 29.8 Å².